The highest BCUT2D eigenvalue weighted by Crippen LogP contribution is 2.28. The lowest BCUT2D eigenvalue weighted by molar-refractivity contribution is 0.251. The summed E-state index contributed by atoms with van der Waals surface area (Å²) in [5, 5.41) is 7.31. The Bertz CT molecular complexity index is 956. The van der Waals surface area contributed by atoms with Gasteiger partial charge in [0.15, 0.2) is 0 Å². The van der Waals surface area contributed by atoms with Crippen LogP contribution in [0, 0.1) is 0 Å². The van der Waals surface area contributed by atoms with Gasteiger partial charge in [-0.1, -0.05) is 53.6 Å². The lowest BCUT2D eigenvalue weighted by Gasteiger charge is -2.35. The smallest absolute Gasteiger partial charge is 0.336 e. The van der Waals surface area contributed by atoms with Crippen molar-refractivity contribution >= 4 is 31.1 Å². The van der Waals surface area contributed by atoms with Crippen LogP contribution in [0.15, 0.2) is 66.2 Å². The second kappa shape index (κ2) is 10.4. The number of nitrogens with one attached hydrogen (secondary N) is 2. The van der Waals surface area contributed by atoms with Crippen molar-refractivity contribution in [3.05, 3.63) is 76.8 Å². The molecule has 1 fully saturated rings. The summed E-state index contributed by atoms with van der Waals surface area (Å²) < 4.78 is 8.88. The van der Waals surface area contributed by atoms with Gasteiger partial charge in [0, 0.05) is 17.3 Å². The number of urea groups is 1. The molecule has 0 bridgehead atoms. The highest BCUT2D eigenvalue weighted by atomic mass is 35.5. The number of nitrogens with zero attached hydrogens (tertiary/aromatic N) is 1. The summed E-state index contributed by atoms with van der Waals surface area (Å²) in [6.07, 6.45) is 4.25. The van der Waals surface area contributed by atoms with Gasteiger partial charge < -0.3 is 25.3 Å². The third-order valence-electron chi connectivity index (χ3n) is 5.07. The molecule has 0 spiro atoms. The van der Waals surface area contributed by atoms with Crippen LogP contribution in [-0.2, 0) is 11.0 Å². The van der Waals surface area contributed by atoms with Gasteiger partial charge in [-0.05, 0) is 49.2 Å². The van der Waals surface area contributed by atoms with Gasteiger partial charge in [0.05, 0.1) is 12.1 Å². The SMILES string of the molecule is O=C1NCC(C2NCCC=C2Cc2ccccc2)N1c1ccc(Cl)cc1.O=P(O)(O)O. The monoisotopic (exact) mass is 465 g/mol. The van der Waals surface area contributed by atoms with Crippen molar-refractivity contribution < 1.29 is 24.0 Å². The van der Waals surface area contributed by atoms with Crippen LogP contribution in [0.5, 0.6) is 0 Å². The molecular formula is C21H25ClN3O5P. The molecule has 10 heteroatoms. The quantitative estimate of drug-likeness (QED) is 0.349. The molecule has 0 radical (unpaired) electrons. The van der Waals surface area contributed by atoms with Crippen molar-refractivity contribution in [3.8, 4) is 0 Å². The first-order valence-electron chi connectivity index (χ1n) is 9.79. The van der Waals surface area contributed by atoms with Crippen molar-refractivity contribution in [1.29, 1.82) is 0 Å². The molecule has 166 valence electrons. The van der Waals surface area contributed by atoms with Gasteiger partial charge in [-0.25, -0.2) is 9.36 Å². The van der Waals surface area contributed by atoms with E-state index in [4.69, 9.17) is 30.8 Å². The molecule has 2 amide bonds. The minimum atomic E-state index is -4.64. The molecule has 2 unspecified atom stereocenters. The van der Waals surface area contributed by atoms with Gasteiger partial charge in [0.2, 0.25) is 0 Å². The first kappa shape index (κ1) is 23.5. The molecule has 8 nitrogen and oxygen atoms in total. The molecule has 31 heavy (non-hydrogen) atoms. The predicted molar refractivity (Wildman–Crippen MR) is 120 cm³/mol. The topological polar surface area (TPSA) is 122 Å². The second-order valence-electron chi connectivity index (χ2n) is 7.27. The Morgan fingerprint density at radius 2 is 1.71 bits per heavy atom. The van der Waals surface area contributed by atoms with Crippen LogP contribution in [0.2, 0.25) is 5.02 Å². The van der Waals surface area contributed by atoms with Crippen LogP contribution >= 0.6 is 19.4 Å². The molecule has 0 aromatic heterocycles. The van der Waals surface area contributed by atoms with Crippen LogP contribution in [0.25, 0.3) is 0 Å². The number of rotatable bonds is 4. The largest absolute Gasteiger partial charge is 0.466 e. The summed E-state index contributed by atoms with van der Waals surface area (Å²) in [4.78, 5) is 35.9. The fourth-order valence-electron chi connectivity index (χ4n) is 3.85. The third kappa shape index (κ3) is 6.90. The fraction of sp³-hybridized carbons (Fsp3) is 0.286. The number of phosphoric acid groups is 1. The maximum absolute atomic E-state index is 12.5. The number of amides is 2. The molecule has 2 aliphatic rings. The van der Waals surface area contributed by atoms with Crippen molar-refractivity contribution in [2.45, 2.75) is 24.9 Å². The standard InChI is InChI=1S/C21H22ClN3O.H3O4P/c22-17-8-10-18(11-9-17)25-19(14-24-21(25)26)20-16(7-4-12-23-20)13-15-5-2-1-3-6-15;1-5(2,3)4/h1-3,5-11,19-20,23H,4,12-14H2,(H,24,26);(H3,1,2,3,4). The van der Waals surface area contributed by atoms with Crippen LogP contribution in [0.3, 0.4) is 0 Å². The van der Waals surface area contributed by atoms with Crippen molar-refractivity contribution in [1.82, 2.24) is 10.6 Å². The molecule has 2 aromatic rings. The lowest BCUT2D eigenvalue weighted by Crippen LogP contribution is -2.52. The summed E-state index contributed by atoms with van der Waals surface area (Å²) in [5.41, 5.74) is 3.52. The first-order chi connectivity index (χ1) is 14.7. The van der Waals surface area contributed by atoms with Crippen LogP contribution in [-0.4, -0.2) is 45.9 Å². The van der Waals surface area contributed by atoms with E-state index in [0.717, 1.165) is 25.1 Å². The number of halogens is 1. The van der Waals surface area contributed by atoms with E-state index in [1.165, 1.54) is 11.1 Å². The average Bonchev–Trinajstić information content (AvgIpc) is 3.10. The number of benzene rings is 2. The average molecular weight is 466 g/mol. The maximum Gasteiger partial charge on any atom is 0.466 e. The summed E-state index contributed by atoms with van der Waals surface area (Å²) in [7, 11) is -4.64. The highest BCUT2D eigenvalue weighted by Gasteiger charge is 2.39. The zero-order valence-corrected chi connectivity index (χ0v) is 18.3. The number of hydrogen-bond donors (Lipinski definition) is 5. The molecule has 4 rings (SSSR count). The van der Waals surface area contributed by atoms with Crippen LogP contribution < -0.4 is 15.5 Å². The summed E-state index contributed by atoms with van der Waals surface area (Å²) in [6, 6.07) is 18.1. The van der Waals surface area contributed by atoms with E-state index < -0.39 is 7.82 Å². The molecule has 5 N–H and O–H groups in total. The van der Waals surface area contributed by atoms with E-state index in [0.29, 0.717) is 11.6 Å². The predicted octanol–water partition coefficient (Wildman–Crippen LogP) is 2.84. The number of hydrogen-bond acceptors (Lipinski definition) is 3. The van der Waals surface area contributed by atoms with Gasteiger partial charge in [-0.2, -0.15) is 0 Å². The maximum atomic E-state index is 12.5. The minimum Gasteiger partial charge on any atom is -0.336 e. The minimum absolute atomic E-state index is 0.0407. The first-order valence-corrected chi connectivity index (χ1v) is 11.7. The Balaban J connectivity index is 0.000000491. The van der Waals surface area contributed by atoms with Crippen molar-refractivity contribution in [3.63, 3.8) is 0 Å². The van der Waals surface area contributed by atoms with Crippen LogP contribution in [0.4, 0.5) is 10.5 Å². The normalized spacial score (nSPS) is 21.1. The number of carbonyl (C=O) groups excluding carboxylic acids is 1. The Labute approximate surface area is 185 Å². The fourth-order valence-corrected chi connectivity index (χ4v) is 3.97. The molecular weight excluding hydrogens is 441 g/mol. The Morgan fingerprint density at radius 1 is 1.06 bits per heavy atom. The molecule has 2 aliphatic heterocycles. The molecule has 0 saturated carbocycles. The van der Waals surface area contributed by atoms with Crippen molar-refractivity contribution in [2.75, 3.05) is 18.0 Å². The van der Waals surface area contributed by atoms with E-state index in [2.05, 4.69) is 41.0 Å². The Hall–Kier alpha value is -2.19. The summed E-state index contributed by atoms with van der Waals surface area (Å²) >= 11 is 6.01. The highest BCUT2D eigenvalue weighted by molar-refractivity contribution is 7.45. The van der Waals surface area contributed by atoms with Gasteiger partial charge in [-0.3, -0.25) is 4.90 Å². The Kier molecular flexibility index (Phi) is 7.89. The van der Waals surface area contributed by atoms with Crippen molar-refractivity contribution in [2.24, 2.45) is 0 Å². The van der Waals surface area contributed by atoms with Crippen LogP contribution in [0.1, 0.15) is 12.0 Å². The van der Waals surface area contributed by atoms with E-state index >= 15 is 0 Å². The Morgan fingerprint density at radius 3 is 2.35 bits per heavy atom. The molecule has 0 aliphatic carbocycles. The zero-order chi connectivity index (χ0) is 22.4. The van der Waals surface area contributed by atoms with E-state index in [9.17, 15) is 4.79 Å². The third-order valence-corrected chi connectivity index (χ3v) is 5.32. The summed E-state index contributed by atoms with van der Waals surface area (Å²) in [6.45, 7) is 1.56. The number of carbonyl (C=O) groups is 1. The van der Waals surface area contributed by atoms with Gasteiger partial charge >= 0.3 is 13.9 Å². The molecule has 2 heterocycles. The number of anilines is 1. The van der Waals surface area contributed by atoms with E-state index in [1.54, 1.807) is 0 Å². The molecule has 1 saturated heterocycles. The van der Waals surface area contributed by atoms with Gasteiger partial charge in [-0.15, -0.1) is 0 Å². The van der Waals surface area contributed by atoms with Gasteiger partial charge in [0.25, 0.3) is 0 Å². The van der Waals surface area contributed by atoms with E-state index in [1.807, 2.05) is 35.2 Å². The molecule has 2 aromatic carbocycles. The van der Waals surface area contributed by atoms with E-state index in [-0.39, 0.29) is 18.1 Å². The zero-order valence-electron chi connectivity index (χ0n) is 16.7. The second-order valence-corrected chi connectivity index (χ2v) is 8.74. The van der Waals surface area contributed by atoms with Gasteiger partial charge in [0.1, 0.15) is 0 Å². The molecule has 2 atom stereocenters. The summed E-state index contributed by atoms with van der Waals surface area (Å²) in [5.74, 6) is 0. The lowest BCUT2D eigenvalue weighted by atomic mass is 9.90.